The predicted octanol–water partition coefficient (Wildman–Crippen LogP) is -0.637. The van der Waals surface area contributed by atoms with Crippen LogP contribution in [0.3, 0.4) is 0 Å². The summed E-state index contributed by atoms with van der Waals surface area (Å²) in [5, 5.41) is 4.00. The van der Waals surface area contributed by atoms with Gasteiger partial charge in [-0.25, -0.2) is 0 Å². The van der Waals surface area contributed by atoms with Gasteiger partial charge in [0.1, 0.15) is 6.20 Å². The van der Waals surface area contributed by atoms with Gasteiger partial charge >= 0.3 is 7.60 Å². The number of hydrogen-bond donors (Lipinski definition) is 1. The van der Waals surface area contributed by atoms with E-state index in [2.05, 4.69) is 9.62 Å². The molecule has 1 aromatic rings. The van der Waals surface area contributed by atoms with E-state index in [1.54, 1.807) is 13.2 Å². The molecule has 0 aliphatic heterocycles. The summed E-state index contributed by atoms with van der Waals surface area (Å²) >= 11 is 0. The van der Waals surface area contributed by atoms with Crippen molar-refractivity contribution in [3.8, 4) is 0 Å². The summed E-state index contributed by atoms with van der Waals surface area (Å²) in [6.07, 6.45) is 2.89. The molecule has 0 fully saturated rings. The van der Waals surface area contributed by atoms with E-state index in [0.29, 0.717) is 0 Å². The molecule has 66 valence electrons. The fourth-order valence-corrected chi connectivity index (χ4v) is 1.35. The molecule has 0 aliphatic rings. The first-order valence-electron chi connectivity index (χ1n) is 3.27. The van der Waals surface area contributed by atoms with Gasteiger partial charge in [-0.2, -0.15) is 0 Å². The third-order valence-corrected chi connectivity index (χ3v) is 2.82. The van der Waals surface area contributed by atoms with Gasteiger partial charge in [0.25, 0.3) is 0 Å². The van der Waals surface area contributed by atoms with E-state index in [0.717, 1.165) is 0 Å². The highest BCUT2D eigenvalue weighted by molar-refractivity contribution is 7.61. The lowest BCUT2D eigenvalue weighted by molar-refractivity contribution is -0.730. The van der Waals surface area contributed by atoms with Gasteiger partial charge in [-0.05, 0) is 5.10 Å². The maximum atomic E-state index is 11.2. The Morgan fingerprint density at radius 1 is 1.75 bits per heavy atom. The van der Waals surface area contributed by atoms with Crippen LogP contribution in [0.5, 0.6) is 0 Å². The summed E-state index contributed by atoms with van der Waals surface area (Å²) < 4.78 is 17.1. The fourth-order valence-electron chi connectivity index (χ4n) is 0.689. The SMILES string of the molecule is COP(=O)(O)c1cc[n+](C)nc1. The van der Waals surface area contributed by atoms with E-state index in [-0.39, 0.29) is 5.30 Å². The van der Waals surface area contributed by atoms with Gasteiger partial charge in [0.2, 0.25) is 0 Å². The van der Waals surface area contributed by atoms with E-state index >= 15 is 0 Å². The lowest BCUT2D eigenvalue weighted by Crippen LogP contribution is -2.33. The van der Waals surface area contributed by atoms with Crippen molar-refractivity contribution in [3.63, 3.8) is 0 Å². The maximum Gasteiger partial charge on any atom is 0.360 e. The van der Waals surface area contributed by atoms with Crippen molar-refractivity contribution in [2.24, 2.45) is 7.05 Å². The number of nitrogens with zero attached hydrogens (tertiary/aromatic N) is 2. The molecule has 1 atom stereocenters. The second-order valence-corrected chi connectivity index (χ2v) is 4.18. The molecule has 5 nitrogen and oxygen atoms in total. The van der Waals surface area contributed by atoms with Gasteiger partial charge in [-0.15, -0.1) is 0 Å². The largest absolute Gasteiger partial charge is 0.360 e. The van der Waals surface area contributed by atoms with Crippen molar-refractivity contribution in [1.82, 2.24) is 5.10 Å². The van der Waals surface area contributed by atoms with Crippen molar-refractivity contribution < 1.29 is 18.7 Å². The van der Waals surface area contributed by atoms with Crippen molar-refractivity contribution in [2.75, 3.05) is 7.11 Å². The third kappa shape index (κ3) is 1.88. The molecule has 1 aromatic heterocycles. The summed E-state index contributed by atoms with van der Waals surface area (Å²) in [5.41, 5.74) is 0. The number of aromatic nitrogens is 2. The number of hydrogen-bond acceptors (Lipinski definition) is 3. The van der Waals surface area contributed by atoms with E-state index < -0.39 is 7.60 Å². The molecule has 0 aromatic carbocycles. The highest BCUT2D eigenvalue weighted by Gasteiger charge is 2.21. The second kappa shape index (κ2) is 3.31. The van der Waals surface area contributed by atoms with Crippen LogP contribution in [-0.4, -0.2) is 17.1 Å². The highest BCUT2D eigenvalue weighted by atomic mass is 31.2. The standard InChI is InChI=1S/C6H9N2O3P/c1-8-4-3-6(5-7-8)12(9,10)11-2/h3-5H,1-2H3/p+1. The molecule has 0 saturated heterocycles. The zero-order valence-corrected chi connectivity index (χ0v) is 7.73. The van der Waals surface area contributed by atoms with Crippen LogP contribution in [0.4, 0.5) is 0 Å². The van der Waals surface area contributed by atoms with E-state index in [9.17, 15) is 4.57 Å². The van der Waals surface area contributed by atoms with Crippen LogP contribution >= 0.6 is 7.60 Å². The Kier molecular flexibility index (Phi) is 2.57. The van der Waals surface area contributed by atoms with Crippen molar-refractivity contribution in [1.29, 1.82) is 0 Å². The molecular formula is C6H10N2O3P+. The summed E-state index contributed by atoms with van der Waals surface area (Å²) in [6, 6.07) is 1.50. The normalized spacial score (nSPS) is 15.6. The average molecular weight is 189 g/mol. The Morgan fingerprint density at radius 2 is 2.42 bits per heavy atom. The summed E-state index contributed by atoms with van der Waals surface area (Å²) in [4.78, 5) is 9.17. The van der Waals surface area contributed by atoms with Gasteiger partial charge < -0.3 is 9.42 Å². The van der Waals surface area contributed by atoms with Gasteiger partial charge in [0.15, 0.2) is 13.2 Å². The van der Waals surface area contributed by atoms with Crippen LogP contribution in [0, 0.1) is 0 Å². The van der Waals surface area contributed by atoms with Crippen molar-refractivity contribution in [3.05, 3.63) is 18.5 Å². The number of rotatable bonds is 2. The summed E-state index contributed by atoms with van der Waals surface area (Å²) in [7, 11) is -0.712. The van der Waals surface area contributed by atoms with E-state index in [1.807, 2.05) is 0 Å². The fraction of sp³-hybridized carbons (Fsp3) is 0.333. The van der Waals surface area contributed by atoms with Gasteiger partial charge in [0.05, 0.1) is 5.30 Å². The molecule has 0 radical (unpaired) electrons. The first kappa shape index (κ1) is 9.32. The molecule has 0 aliphatic carbocycles. The average Bonchev–Trinajstić information content (AvgIpc) is 2.05. The molecule has 6 heteroatoms. The number of aryl methyl sites for hydroxylation is 1. The lowest BCUT2D eigenvalue weighted by atomic mass is 10.6. The second-order valence-electron chi connectivity index (χ2n) is 2.26. The van der Waals surface area contributed by atoms with Crippen molar-refractivity contribution >= 4 is 12.9 Å². The van der Waals surface area contributed by atoms with Crippen LogP contribution in [0.25, 0.3) is 0 Å². The first-order chi connectivity index (χ1) is 5.56. The van der Waals surface area contributed by atoms with E-state index in [4.69, 9.17) is 4.89 Å². The topological polar surface area (TPSA) is 63.3 Å². The summed E-state index contributed by atoms with van der Waals surface area (Å²) in [6.45, 7) is 0. The molecule has 1 unspecified atom stereocenters. The smallest absolute Gasteiger partial charge is 0.321 e. The Labute approximate surface area is 70.1 Å². The monoisotopic (exact) mass is 189 g/mol. The summed E-state index contributed by atoms with van der Waals surface area (Å²) in [5.74, 6) is 0. The van der Waals surface area contributed by atoms with Gasteiger partial charge in [-0.3, -0.25) is 4.57 Å². The Balaban J connectivity index is 3.05. The van der Waals surface area contributed by atoms with Crippen LogP contribution in [0.2, 0.25) is 0 Å². The third-order valence-electron chi connectivity index (χ3n) is 1.41. The Bertz CT molecular complexity index is 311. The Morgan fingerprint density at radius 3 is 2.83 bits per heavy atom. The van der Waals surface area contributed by atoms with Crippen LogP contribution in [0.15, 0.2) is 18.5 Å². The molecule has 1 heterocycles. The molecule has 12 heavy (non-hydrogen) atoms. The van der Waals surface area contributed by atoms with E-state index in [1.165, 1.54) is 24.1 Å². The zero-order valence-electron chi connectivity index (χ0n) is 6.84. The van der Waals surface area contributed by atoms with Gasteiger partial charge in [0, 0.05) is 13.2 Å². The van der Waals surface area contributed by atoms with Crippen LogP contribution in [0.1, 0.15) is 0 Å². The van der Waals surface area contributed by atoms with Crippen LogP contribution < -0.4 is 9.99 Å². The quantitative estimate of drug-likeness (QED) is 0.496. The molecular weight excluding hydrogens is 179 g/mol. The van der Waals surface area contributed by atoms with Gasteiger partial charge in [-0.1, -0.05) is 4.68 Å². The molecule has 0 bridgehead atoms. The van der Waals surface area contributed by atoms with Crippen molar-refractivity contribution in [2.45, 2.75) is 0 Å². The minimum absolute atomic E-state index is 0.197. The first-order valence-corrected chi connectivity index (χ1v) is 4.85. The lowest BCUT2D eigenvalue weighted by Gasteiger charge is -2.05. The maximum absolute atomic E-state index is 11.2. The molecule has 0 saturated carbocycles. The molecule has 0 amide bonds. The molecule has 0 spiro atoms. The highest BCUT2D eigenvalue weighted by Crippen LogP contribution is 2.38. The minimum Gasteiger partial charge on any atom is -0.321 e. The zero-order chi connectivity index (χ0) is 9.19. The minimum atomic E-state index is -3.62. The predicted molar refractivity (Wildman–Crippen MR) is 41.9 cm³/mol. The molecule has 1 N–H and O–H groups in total. The van der Waals surface area contributed by atoms with Crippen LogP contribution in [-0.2, 0) is 16.1 Å². The Hall–Kier alpha value is -0.770. The molecule has 1 rings (SSSR count).